The quantitative estimate of drug-likeness (QED) is 0.708. The molecule has 0 bridgehead atoms. The lowest BCUT2D eigenvalue weighted by Crippen LogP contribution is -2.49. The van der Waals surface area contributed by atoms with Crippen molar-refractivity contribution in [3.05, 3.63) is 24.3 Å². The first kappa shape index (κ1) is 19.8. The number of nitrogens with zero attached hydrogens (tertiary/aromatic N) is 3. The van der Waals surface area contributed by atoms with Crippen LogP contribution in [0.15, 0.2) is 33.9 Å². The van der Waals surface area contributed by atoms with Crippen molar-refractivity contribution in [2.75, 3.05) is 12.4 Å². The summed E-state index contributed by atoms with van der Waals surface area (Å²) in [5.41, 5.74) is -0.205. The molecule has 0 aliphatic carbocycles. The number of rotatable bonds is 8. The highest BCUT2D eigenvalue weighted by molar-refractivity contribution is 7.99. The van der Waals surface area contributed by atoms with E-state index in [0.717, 1.165) is 11.8 Å². The van der Waals surface area contributed by atoms with Gasteiger partial charge in [0.2, 0.25) is 5.91 Å². The molecular weight excluding hydrogens is 352 g/mol. The van der Waals surface area contributed by atoms with Crippen LogP contribution < -0.4 is 10.1 Å². The lowest BCUT2D eigenvalue weighted by molar-refractivity contribution is -0.120. The van der Waals surface area contributed by atoms with Crippen LogP contribution in [-0.2, 0) is 4.79 Å². The summed E-state index contributed by atoms with van der Waals surface area (Å²) < 4.78 is 11.2. The van der Waals surface area contributed by atoms with Crippen molar-refractivity contribution in [1.82, 2.24) is 15.5 Å². The van der Waals surface area contributed by atoms with Crippen LogP contribution in [0.4, 0.5) is 0 Å². The Bertz CT molecular complexity index is 800. The van der Waals surface area contributed by atoms with Gasteiger partial charge in [-0.1, -0.05) is 37.7 Å². The topological polar surface area (TPSA) is 101 Å². The Morgan fingerprint density at radius 3 is 2.81 bits per heavy atom. The predicted molar refractivity (Wildman–Crippen MR) is 98.6 cm³/mol. The van der Waals surface area contributed by atoms with E-state index in [1.54, 1.807) is 6.92 Å². The number of thioether (sulfide) groups is 1. The molecule has 0 saturated heterocycles. The summed E-state index contributed by atoms with van der Waals surface area (Å²) in [5, 5.41) is 20.3. The molecule has 0 aliphatic heterocycles. The Morgan fingerprint density at radius 2 is 2.15 bits per heavy atom. The van der Waals surface area contributed by atoms with Crippen LogP contribution >= 0.6 is 11.8 Å². The Labute approximate surface area is 157 Å². The Morgan fingerprint density at radius 1 is 1.42 bits per heavy atom. The predicted octanol–water partition coefficient (Wildman–Crippen LogP) is 3.28. The van der Waals surface area contributed by atoms with Gasteiger partial charge in [-0.05, 0) is 31.9 Å². The van der Waals surface area contributed by atoms with Crippen LogP contribution in [0.5, 0.6) is 5.75 Å². The minimum Gasteiger partial charge on any atom is -0.493 e. The van der Waals surface area contributed by atoms with Gasteiger partial charge < -0.3 is 14.5 Å². The molecule has 1 N–H and O–H groups in total. The van der Waals surface area contributed by atoms with Crippen LogP contribution in [0.2, 0.25) is 0 Å². The van der Waals surface area contributed by atoms with Crippen molar-refractivity contribution in [1.29, 1.82) is 5.26 Å². The number of benzene rings is 1. The Kier molecular flexibility index (Phi) is 6.64. The molecule has 1 aromatic carbocycles. The maximum absolute atomic E-state index is 12.1. The van der Waals surface area contributed by atoms with Gasteiger partial charge in [0.25, 0.3) is 11.1 Å². The van der Waals surface area contributed by atoms with E-state index in [1.165, 1.54) is 0 Å². The van der Waals surface area contributed by atoms with E-state index in [0.29, 0.717) is 23.8 Å². The van der Waals surface area contributed by atoms with Gasteiger partial charge in [0, 0.05) is 0 Å². The molecule has 26 heavy (non-hydrogen) atoms. The number of carbonyl (C=O) groups is 1. The number of nitriles is 1. The van der Waals surface area contributed by atoms with Gasteiger partial charge in [0.15, 0.2) is 0 Å². The third kappa shape index (κ3) is 4.76. The van der Waals surface area contributed by atoms with Gasteiger partial charge in [0.1, 0.15) is 11.3 Å². The fraction of sp³-hybridized carbons (Fsp3) is 0.444. The minimum absolute atomic E-state index is 0.00785. The third-order valence-corrected chi connectivity index (χ3v) is 4.76. The fourth-order valence-electron chi connectivity index (χ4n) is 2.06. The number of carbonyl (C=O) groups excluding carboxylic acids is 1. The number of ether oxygens (including phenoxy) is 1. The van der Waals surface area contributed by atoms with Crippen molar-refractivity contribution in [3.8, 4) is 23.3 Å². The SMILES string of the molecule is CCOc1ccccc1-c1nnc(SCC(=O)NC(C)(C#N)C(C)C)o1. The highest BCUT2D eigenvalue weighted by Gasteiger charge is 2.30. The average Bonchev–Trinajstić information content (AvgIpc) is 3.09. The molecule has 138 valence electrons. The van der Waals surface area contributed by atoms with Crippen molar-refractivity contribution >= 4 is 17.7 Å². The number of nitrogens with one attached hydrogen (secondary N) is 1. The summed E-state index contributed by atoms with van der Waals surface area (Å²) in [5.74, 6) is 0.808. The molecule has 1 atom stereocenters. The van der Waals surface area contributed by atoms with E-state index in [-0.39, 0.29) is 22.8 Å². The number of hydrogen-bond donors (Lipinski definition) is 1. The number of para-hydroxylation sites is 1. The Hall–Kier alpha value is -2.53. The molecule has 2 aromatic rings. The highest BCUT2D eigenvalue weighted by atomic mass is 32.2. The second kappa shape index (κ2) is 8.72. The molecule has 0 aliphatic rings. The van der Waals surface area contributed by atoms with Gasteiger partial charge in [-0.3, -0.25) is 4.79 Å². The van der Waals surface area contributed by atoms with E-state index in [1.807, 2.05) is 45.0 Å². The number of aromatic nitrogens is 2. The summed E-state index contributed by atoms with van der Waals surface area (Å²) >= 11 is 1.12. The lowest BCUT2D eigenvalue weighted by atomic mass is 9.90. The summed E-state index contributed by atoms with van der Waals surface area (Å²) in [6.45, 7) is 7.90. The van der Waals surface area contributed by atoms with Crippen LogP contribution in [0.1, 0.15) is 27.7 Å². The van der Waals surface area contributed by atoms with Crippen LogP contribution in [0.25, 0.3) is 11.5 Å². The van der Waals surface area contributed by atoms with Gasteiger partial charge in [-0.15, -0.1) is 10.2 Å². The summed E-state index contributed by atoms with van der Waals surface area (Å²) in [6, 6.07) is 9.53. The van der Waals surface area contributed by atoms with Crippen LogP contribution in [0.3, 0.4) is 0 Å². The average molecular weight is 374 g/mol. The van der Waals surface area contributed by atoms with E-state index in [9.17, 15) is 10.1 Å². The second-order valence-corrected chi connectivity index (χ2v) is 7.03. The highest BCUT2D eigenvalue weighted by Crippen LogP contribution is 2.30. The number of hydrogen-bond acceptors (Lipinski definition) is 7. The van der Waals surface area contributed by atoms with E-state index >= 15 is 0 Å². The maximum Gasteiger partial charge on any atom is 0.277 e. The first-order chi connectivity index (χ1) is 12.4. The van der Waals surface area contributed by atoms with Gasteiger partial charge >= 0.3 is 0 Å². The van der Waals surface area contributed by atoms with E-state index < -0.39 is 5.54 Å². The zero-order valence-corrected chi connectivity index (χ0v) is 16.1. The third-order valence-electron chi connectivity index (χ3n) is 3.94. The van der Waals surface area contributed by atoms with Gasteiger partial charge in [-0.25, -0.2) is 0 Å². The molecule has 7 nitrogen and oxygen atoms in total. The largest absolute Gasteiger partial charge is 0.493 e. The van der Waals surface area contributed by atoms with E-state index in [2.05, 4.69) is 21.6 Å². The summed E-state index contributed by atoms with van der Waals surface area (Å²) in [6.07, 6.45) is 0. The lowest BCUT2D eigenvalue weighted by Gasteiger charge is -2.27. The van der Waals surface area contributed by atoms with E-state index in [4.69, 9.17) is 9.15 Å². The zero-order valence-electron chi connectivity index (χ0n) is 15.3. The standard InChI is InChI=1S/C18H22N4O3S/c1-5-24-14-9-7-6-8-13(14)16-21-22-17(25-16)26-10-15(23)20-18(4,11-19)12(2)3/h6-9,12H,5,10H2,1-4H3,(H,20,23). The van der Waals surface area contributed by atoms with Crippen LogP contribution in [-0.4, -0.2) is 34.0 Å². The zero-order chi connectivity index (χ0) is 19.2. The molecule has 0 spiro atoms. The second-order valence-electron chi connectivity index (χ2n) is 6.11. The first-order valence-corrected chi connectivity index (χ1v) is 9.29. The van der Waals surface area contributed by atoms with Gasteiger partial charge in [0.05, 0.1) is 24.0 Å². The summed E-state index contributed by atoms with van der Waals surface area (Å²) in [4.78, 5) is 12.1. The van der Waals surface area contributed by atoms with Crippen molar-refractivity contribution < 1.29 is 13.9 Å². The smallest absolute Gasteiger partial charge is 0.277 e. The van der Waals surface area contributed by atoms with Crippen molar-refractivity contribution in [2.45, 2.75) is 38.5 Å². The Balaban J connectivity index is 2.01. The minimum atomic E-state index is -0.909. The molecule has 0 saturated carbocycles. The first-order valence-electron chi connectivity index (χ1n) is 8.30. The number of amides is 1. The molecule has 1 unspecified atom stereocenters. The monoisotopic (exact) mass is 374 g/mol. The molecule has 1 heterocycles. The molecule has 2 rings (SSSR count). The molecule has 1 amide bonds. The molecule has 8 heteroatoms. The molecule has 0 radical (unpaired) electrons. The summed E-state index contributed by atoms with van der Waals surface area (Å²) in [7, 11) is 0. The van der Waals surface area contributed by atoms with Crippen molar-refractivity contribution in [3.63, 3.8) is 0 Å². The molecule has 0 fully saturated rings. The normalized spacial score (nSPS) is 13.1. The fourth-order valence-corrected chi connectivity index (χ4v) is 2.62. The van der Waals surface area contributed by atoms with Crippen molar-refractivity contribution in [2.24, 2.45) is 5.92 Å². The molecular formula is C18H22N4O3S. The van der Waals surface area contributed by atoms with Crippen LogP contribution in [0, 0.1) is 17.2 Å². The molecule has 1 aromatic heterocycles. The van der Waals surface area contributed by atoms with Gasteiger partial charge in [-0.2, -0.15) is 5.26 Å². The maximum atomic E-state index is 12.1.